The van der Waals surface area contributed by atoms with E-state index in [1.165, 1.54) is 0 Å². The van der Waals surface area contributed by atoms with Crippen LogP contribution in [0.15, 0.2) is 78.9 Å². The number of aromatic nitrogens is 2. The minimum atomic E-state index is 0.396. The molecule has 3 aromatic carbocycles. The van der Waals surface area contributed by atoms with E-state index < -0.39 is 0 Å². The molecule has 0 aliphatic carbocycles. The van der Waals surface area contributed by atoms with E-state index >= 15 is 0 Å². The molecule has 4 rings (SSSR count). The van der Waals surface area contributed by atoms with Gasteiger partial charge in [-0.25, -0.2) is 4.98 Å². The van der Waals surface area contributed by atoms with Gasteiger partial charge >= 0.3 is 0 Å². The molecule has 5 heteroatoms. The smallest absolute Gasteiger partial charge is 0.161 e. The summed E-state index contributed by atoms with van der Waals surface area (Å²) >= 11 is 0. The molecule has 0 spiro atoms. The van der Waals surface area contributed by atoms with Gasteiger partial charge in [-0.15, -0.1) is 0 Å². The lowest BCUT2D eigenvalue weighted by Crippen LogP contribution is -2.13. The number of para-hydroxylation sites is 5. The van der Waals surface area contributed by atoms with E-state index in [1.807, 2.05) is 72.8 Å². The number of nitrogens with zero attached hydrogens (tertiary/aromatic N) is 2. The standard InChI is InChI=1S/C23H22N2O3/c1-26-21-13-7-8-14-22(21)27-16-15-25-20-12-6-5-11-19(20)24-23(25)17-28-18-9-3-2-4-10-18/h2-14H,15-17H2,1H3. The van der Waals surface area contributed by atoms with Crippen molar-refractivity contribution in [2.75, 3.05) is 13.7 Å². The largest absolute Gasteiger partial charge is 0.493 e. The maximum absolute atomic E-state index is 5.95. The topological polar surface area (TPSA) is 45.5 Å². The van der Waals surface area contributed by atoms with Crippen molar-refractivity contribution >= 4 is 11.0 Å². The van der Waals surface area contributed by atoms with Crippen LogP contribution in [-0.4, -0.2) is 23.3 Å². The molecular formula is C23H22N2O3. The van der Waals surface area contributed by atoms with Crippen LogP contribution in [0.5, 0.6) is 17.2 Å². The highest BCUT2D eigenvalue weighted by molar-refractivity contribution is 5.75. The zero-order valence-corrected chi connectivity index (χ0v) is 15.7. The van der Waals surface area contributed by atoms with E-state index in [0.29, 0.717) is 19.8 Å². The Morgan fingerprint density at radius 1 is 0.786 bits per heavy atom. The fraction of sp³-hybridized carbons (Fsp3) is 0.174. The molecule has 5 nitrogen and oxygen atoms in total. The predicted molar refractivity (Wildman–Crippen MR) is 109 cm³/mol. The van der Waals surface area contributed by atoms with Crippen molar-refractivity contribution in [3.63, 3.8) is 0 Å². The van der Waals surface area contributed by atoms with Crippen molar-refractivity contribution in [2.24, 2.45) is 0 Å². The molecule has 0 fully saturated rings. The van der Waals surface area contributed by atoms with Crippen LogP contribution in [0.1, 0.15) is 5.82 Å². The monoisotopic (exact) mass is 374 g/mol. The first-order valence-electron chi connectivity index (χ1n) is 9.23. The first-order chi connectivity index (χ1) is 13.8. The molecule has 4 aromatic rings. The molecule has 0 aliphatic rings. The maximum Gasteiger partial charge on any atom is 0.161 e. The number of rotatable bonds is 8. The highest BCUT2D eigenvalue weighted by atomic mass is 16.5. The van der Waals surface area contributed by atoms with Crippen molar-refractivity contribution in [2.45, 2.75) is 13.2 Å². The number of fused-ring (bicyclic) bond motifs is 1. The van der Waals surface area contributed by atoms with Gasteiger partial charge in [0, 0.05) is 0 Å². The van der Waals surface area contributed by atoms with Gasteiger partial charge in [0.2, 0.25) is 0 Å². The van der Waals surface area contributed by atoms with Gasteiger partial charge in [-0.05, 0) is 36.4 Å². The normalized spacial score (nSPS) is 10.8. The molecule has 0 saturated carbocycles. The zero-order chi connectivity index (χ0) is 19.2. The van der Waals surface area contributed by atoms with E-state index in [9.17, 15) is 0 Å². The summed E-state index contributed by atoms with van der Waals surface area (Å²) in [5, 5.41) is 0. The highest BCUT2D eigenvalue weighted by Gasteiger charge is 2.12. The van der Waals surface area contributed by atoms with E-state index in [4.69, 9.17) is 19.2 Å². The molecule has 0 radical (unpaired) electrons. The Morgan fingerprint density at radius 2 is 1.50 bits per heavy atom. The second-order valence-electron chi connectivity index (χ2n) is 6.27. The summed E-state index contributed by atoms with van der Waals surface area (Å²) in [6.07, 6.45) is 0. The maximum atomic E-state index is 5.95. The molecule has 0 atom stereocenters. The molecule has 0 saturated heterocycles. The van der Waals surface area contributed by atoms with Gasteiger partial charge in [-0.2, -0.15) is 0 Å². The van der Waals surface area contributed by atoms with Crippen LogP contribution in [0, 0.1) is 0 Å². The van der Waals surface area contributed by atoms with Gasteiger partial charge in [-0.3, -0.25) is 0 Å². The first-order valence-corrected chi connectivity index (χ1v) is 9.23. The summed E-state index contributed by atoms with van der Waals surface area (Å²) in [5.41, 5.74) is 2.02. The number of methoxy groups -OCH3 is 1. The molecule has 1 aromatic heterocycles. The third-order valence-corrected chi connectivity index (χ3v) is 4.49. The molecule has 0 aliphatic heterocycles. The second kappa shape index (κ2) is 8.48. The third-order valence-electron chi connectivity index (χ3n) is 4.49. The molecule has 1 heterocycles. The minimum Gasteiger partial charge on any atom is -0.493 e. The lowest BCUT2D eigenvalue weighted by atomic mass is 10.3. The Hall–Kier alpha value is -3.47. The van der Waals surface area contributed by atoms with Gasteiger partial charge in [0.25, 0.3) is 0 Å². The fourth-order valence-electron chi connectivity index (χ4n) is 3.13. The van der Waals surface area contributed by atoms with Crippen molar-refractivity contribution < 1.29 is 14.2 Å². The average Bonchev–Trinajstić information content (AvgIpc) is 3.11. The van der Waals surface area contributed by atoms with Crippen molar-refractivity contribution in [3.05, 3.63) is 84.7 Å². The highest BCUT2D eigenvalue weighted by Crippen LogP contribution is 2.26. The Morgan fingerprint density at radius 3 is 2.32 bits per heavy atom. The lowest BCUT2D eigenvalue weighted by molar-refractivity contribution is 0.264. The Kier molecular flexibility index (Phi) is 5.43. The van der Waals surface area contributed by atoms with Crippen LogP contribution < -0.4 is 14.2 Å². The van der Waals surface area contributed by atoms with Gasteiger partial charge in [-0.1, -0.05) is 42.5 Å². The summed E-state index contributed by atoms with van der Waals surface area (Å²) < 4.78 is 19.4. The predicted octanol–water partition coefficient (Wildman–Crippen LogP) is 4.70. The number of imidazole rings is 1. The number of hydrogen-bond donors (Lipinski definition) is 0. The van der Waals surface area contributed by atoms with Gasteiger partial charge in [0.1, 0.15) is 24.8 Å². The van der Waals surface area contributed by atoms with E-state index in [-0.39, 0.29) is 0 Å². The molecule has 0 bridgehead atoms. The van der Waals surface area contributed by atoms with Crippen LogP contribution in [0.3, 0.4) is 0 Å². The summed E-state index contributed by atoms with van der Waals surface area (Å²) in [6.45, 7) is 1.55. The first kappa shape index (κ1) is 17.9. The molecule has 142 valence electrons. The average molecular weight is 374 g/mol. The van der Waals surface area contributed by atoms with Crippen LogP contribution in [0.25, 0.3) is 11.0 Å². The SMILES string of the molecule is COc1ccccc1OCCn1c(COc2ccccc2)nc2ccccc21. The van der Waals surface area contributed by atoms with Crippen LogP contribution >= 0.6 is 0 Å². The van der Waals surface area contributed by atoms with Gasteiger partial charge < -0.3 is 18.8 Å². The molecule has 0 amide bonds. The number of benzene rings is 3. The Balaban J connectivity index is 1.51. The summed E-state index contributed by atoms with van der Waals surface area (Å²) in [6, 6.07) is 25.5. The molecular weight excluding hydrogens is 352 g/mol. The van der Waals surface area contributed by atoms with Crippen LogP contribution in [-0.2, 0) is 13.2 Å². The Labute approximate surface area is 164 Å². The van der Waals surface area contributed by atoms with Crippen molar-refractivity contribution in [1.82, 2.24) is 9.55 Å². The van der Waals surface area contributed by atoms with Crippen LogP contribution in [0.4, 0.5) is 0 Å². The molecule has 0 N–H and O–H groups in total. The van der Waals surface area contributed by atoms with E-state index in [2.05, 4.69) is 10.6 Å². The summed E-state index contributed by atoms with van der Waals surface area (Å²) in [7, 11) is 1.64. The van der Waals surface area contributed by atoms with E-state index in [1.54, 1.807) is 7.11 Å². The second-order valence-corrected chi connectivity index (χ2v) is 6.27. The molecule has 28 heavy (non-hydrogen) atoms. The number of hydrogen-bond acceptors (Lipinski definition) is 4. The van der Waals surface area contributed by atoms with Crippen molar-refractivity contribution in [1.29, 1.82) is 0 Å². The number of ether oxygens (including phenoxy) is 3. The summed E-state index contributed by atoms with van der Waals surface area (Å²) in [4.78, 5) is 4.74. The Bertz CT molecular complexity index is 1040. The molecule has 0 unspecified atom stereocenters. The minimum absolute atomic E-state index is 0.396. The lowest BCUT2D eigenvalue weighted by Gasteiger charge is -2.13. The summed E-state index contributed by atoms with van der Waals surface area (Å²) in [5.74, 6) is 3.15. The van der Waals surface area contributed by atoms with E-state index in [0.717, 1.165) is 34.1 Å². The fourth-order valence-corrected chi connectivity index (χ4v) is 3.13. The van der Waals surface area contributed by atoms with Crippen LogP contribution in [0.2, 0.25) is 0 Å². The van der Waals surface area contributed by atoms with Gasteiger partial charge in [0.05, 0.1) is 24.7 Å². The van der Waals surface area contributed by atoms with Gasteiger partial charge in [0.15, 0.2) is 11.5 Å². The quantitative estimate of drug-likeness (QED) is 0.448. The zero-order valence-electron chi connectivity index (χ0n) is 15.7. The van der Waals surface area contributed by atoms with Crippen molar-refractivity contribution in [3.8, 4) is 17.2 Å². The third kappa shape index (κ3) is 3.93.